The Morgan fingerprint density at radius 1 is 1.26 bits per heavy atom. The topological polar surface area (TPSA) is 73.2 Å². The number of nitrogens with zero attached hydrogens (tertiary/aromatic N) is 2. The number of anilines is 1. The molecule has 122 valence electrons. The summed E-state index contributed by atoms with van der Waals surface area (Å²) >= 11 is 0. The molecular formula is C18H23N3O2. The van der Waals surface area contributed by atoms with Crippen molar-refractivity contribution in [1.82, 2.24) is 4.90 Å². The number of amides is 2. The lowest BCUT2D eigenvalue weighted by Gasteiger charge is -2.35. The Kier molecular flexibility index (Phi) is 5.05. The highest BCUT2D eigenvalue weighted by molar-refractivity contribution is 6.10. The molecular weight excluding hydrogens is 290 g/mol. The van der Waals surface area contributed by atoms with Crippen molar-refractivity contribution in [3.8, 4) is 6.07 Å². The van der Waals surface area contributed by atoms with Gasteiger partial charge < -0.3 is 10.2 Å². The van der Waals surface area contributed by atoms with Crippen LogP contribution in [0, 0.1) is 22.7 Å². The Labute approximate surface area is 137 Å². The van der Waals surface area contributed by atoms with Gasteiger partial charge in [-0.05, 0) is 44.7 Å². The van der Waals surface area contributed by atoms with Crippen LogP contribution in [-0.4, -0.2) is 29.8 Å². The predicted octanol–water partition coefficient (Wildman–Crippen LogP) is 2.78. The van der Waals surface area contributed by atoms with E-state index < -0.39 is 5.41 Å². The van der Waals surface area contributed by atoms with Crippen LogP contribution in [0.5, 0.6) is 0 Å². The largest absolute Gasteiger partial charge is 0.342 e. The van der Waals surface area contributed by atoms with Crippen LogP contribution in [0.2, 0.25) is 0 Å². The third kappa shape index (κ3) is 3.70. The van der Waals surface area contributed by atoms with E-state index >= 15 is 0 Å². The van der Waals surface area contributed by atoms with Gasteiger partial charge >= 0.3 is 0 Å². The van der Waals surface area contributed by atoms with Gasteiger partial charge in [-0.1, -0.05) is 19.1 Å². The number of benzene rings is 1. The predicted molar refractivity (Wildman–Crippen MR) is 88.5 cm³/mol. The van der Waals surface area contributed by atoms with Crippen LogP contribution in [0.4, 0.5) is 5.69 Å². The molecule has 1 aliphatic heterocycles. The van der Waals surface area contributed by atoms with Gasteiger partial charge in [-0.3, -0.25) is 9.59 Å². The number of para-hydroxylation sites is 1. The highest BCUT2D eigenvalue weighted by Gasteiger charge is 2.40. The number of carbonyl (C=O) groups is 2. The Balaban J connectivity index is 2.10. The van der Waals surface area contributed by atoms with Gasteiger partial charge in [0.1, 0.15) is 11.5 Å². The van der Waals surface area contributed by atoms with E-state index in [1.165, 1.54) is 0 Å². The molecule has 0 aromatic heterocycles. The lowest BCUT2D eigenvalue weighted by Crippen LogP contribution is -2.49. The zero-order valence-corrected chi connectivity index (χ0v) is 13.9. The number of piperidine rings is 1. The number of carbonyl (C=O) groups excluding carboxylic acids is 2. The Hall–Kier alpha value is -2.35. The van der Waals surface area contributed by atoms with Crippen LogP contribution in [-0.2, 0) is 9.59 Å². The van der Waals surface area contributed by atoms with Crippen LogP contribution in [0.25, 0.3) is 0 Å². The highest BCUT2D eigenvalue weighted by Crippen LogP contribution is 2.26. The fourth-order valence-corrected chi connectivity index (χ4v) is 2.67. The standard InChI is InChI=1S/C18H23N3O2/c1-13-8-10-21(11-9-13)17(23)18(2,3)16(22)20-15-7-5-4-6-14(15)12-19/h4-7,13H,8-11H2,1-3H3,(H,20,22). The van der Waals surface area contributed by atoms with Gasteiger partial charge in [0.15, 0.2) is 0 Å². The highest BCUT2D eigenvalue weighted by atomic mass is 16.2. The van der Waals surface area contributed by atoms with Gasteiger partial charge in [0, 0.05) is 13.1 Å². The average Bonchev–Trinajstić information content (AvgIpc) is 2.55. The molecule has 1 N–H and O–H groups in total. The quantitative estimate of drug-likeness (QED) is 0.872. The first kappa shape index (κ1) is 17.0. The first-order chi connectivity index (χ1) is 10.9. The Bertz CT molecular complexity index is 638. The second kappa shape index (κ2) is 6.82. The van der Waals surface area contributed by atoms with Gasteiger partial charge in [0.25, 0.3) is 0 Å². The van der Waals surface area contributed by atoms with E-state index in [4.69, 9.17) is 5.26 Å². The maximum atomic E-state index is 12.7. The second-order valence-electron chi connectivity index (χ2n) is 6.71. The van der Waals surface area contributed by atoms with Gasteiger partial charge in [-0.25, -0.2) is 0 Å². The lowest BCUT2D eigenvalue weighted by molar-refractivity contribution is -0.147. The zero-order valence-electron chi connectivity index (χ0n) is 13.9. The second-order valence-corrected chi connectivity index (χ2v) is 6.71. The summed E-state index contributed by atoms with van der Waals surface area (Å²) in [4.78, 5) is 27.1. The lowest BCUT2D eigenvalue weighted by atomic mass is 9.88. The summed E-state index contributed by atoms with van der Waals surface area (Å²) in [6.07, 6.45) is 1.95. The number of likely N-dealkylation sites (tertiary alicyclic amines) is 1. The molecule has 0 saturated carbocycles. The Morgan fingerprint density at radius 3 is 2.48 bits per heavy atom. The van der Waals surface area contributed by atoms with E-state index in [2.05, 4.69) is 12.2 Å². The van der Waals surface area contributed by atoms with Crippen molar-refractivity contribution in [3.05, 3.63) is 29.8 Å². The zero-order chi connectivity index (χ0) is 17.0. The number of hydrogen-bond donors (Lipinski definition) is 1. The minimum absolute atomic E-state index is 0.156. The first-order valence-electron chi connectivity index (χ1n) is 7.96. The van der Waals surface area contributed by atoms with E-state index in [1.807, 2.05) is 6.07 Å². The van der Waals surface area contributed by atoms with Crippen LogP contribution < -0.4 is 5.32 Å². The summed E-state index contributed by atoms with van der Waals surface area (Å²) in [5.74, 6) is 0.0821. The molecule has 1 saturated heterocycles. The molecule has 1 aromatic carbocycles. The maximum absolute atomic E-state index is 12.7. The molecule has 1 aromatic rings. The van der Waals surface area contributed by atoms with Gasteiger partial charge in [-0.15, -0.1) is 0 Å². The summed E-state index contributed by atoms with van der Waals surface area (Å²) in [7, 11) is 0. The number of nitriles is 1. The molecule has 5 nitrogen and oxygen atoms in total. The van der Waals surface area contributed by atoms with Gasteiger partial charge in [0.2, 0.25) is 11.8 Å². The van der Waals surface area contributed by atoms with Crippen molar-refractivity contribution >= 4 is 17.5 Å². The molecule has 0 aliphatic carbocycles. The van der Waals surface area contributed by atoms with Crippen molar-refractivity contribution in [2.75, 3.05) is 18.4 Å². The van der Waals surface area contributed by atoms with Crippen LogP contribution >= 0.6 is 0 Å². The summed E-state index contributed by atoms with van der Waals surface area (Å²) in [5, 5.41) is 11.8. The third-order valence-electron chi connectivity index (χ3n) is 4.47. The van der Waals surface area contributed by atoms with Crippen molar-refractivity contribution in [2.45, 2.75) is 33.6 Å². The van der Waals surface area contributed by atoms with E-state index in [0.29, 0.717) is 30.3 Å². The molecule has 0 radical (unpaired) electrons. The maximum Gasteiger partial charge on any atom is 0.239 e. The fraction of sp³-hybridized carbons (Fsp3) is 0.500. The number of hydrogen-bond acceptors (Lipinski definition) is 3. The summed E-state index contributed by atoms with van der Waals surface area (Å²) in [5.41, 5.74) is -0.340. The molecule has 2 rings (SSSR count). The number of rotatable bonds is 3. The molecule has 23 heavy (non-hydrogen) atoms. The smallest absolute Gasteiger partial charge is 0.239 e. The fourth-order valence-electron chi connectivity index (χ4n) is 2.67. The molecule has 0 spiro atoms. The van der Waals surface area contributed by atoms with Crippen LogP contribution in [0.1, 0.15) is 39.2 Å². The third-order valence-corrected chi connectivity index (χ3v) is 4.47. The normalized spacial score (nSPS) is 15.8. The van der Waals surface area contributed by atoms with E-state index in [1.54, 1.807) is 43.0 Å². The molecule has 2 amide bonds. The van der Waals surface area contributed by atoms with Crippen LogP contribution in [0.3, 0.4) is 0 Å². The van der Waals surface area contributed by atoms with Gasteiger partial charge in [0.05, 0.1) is 11.3 Å². The molecule has 0 atom stereocenters. The SMILES string of the molecule is CC1CCN(C(=O)C(C)(C)C(=O)Nc2ccccc2C#N)CC1. The molecule has 0 bridgehead atoms. The van der Waals surface area contributed by atoms with Crippen molar-refractivity contribution in [2.24, 2.45) is 11.3 Å². The molecule has 5 heteroatoms. The minimum atomic E-state index is -1.16. The Morgan fingerprint density at radius 2 is 1.87 bits per heavy atom. The average molecular weight is 313 g/mol. The summed E-state index contributed by atoms with van der Waals surface area (Å²) in [6, 6.07) is 8.82. The molecule has 1 aliphatic rings. The van der Waals surface area contributed by atoms with E-state index in [-0.39, 0.29) is 11.8 Å². The van der Waals surface area contributed by atoms with Crippen molar-refractivity contribution < 1.29 is 9.59 Å². The van der Waals surface area contributed by atoms with E-state index in [0.717, 1.165) is 12.8 Å². The molecule has 1 heterocycles. The van der Waals surface area contributed by atoms with E-state index in [9.17, 15) is 9.59 Å². The first-order valence-corrected chi connectivity index (χ1v) is 7.96. The monoisotopic (exact) mass is 313 g/mol. The van der Waals surface area contributed by atoms with Crippen LogP contribution in [0.15, 0.2) is 24.3 Å². The molecule has 0 unspecified atom stereocenters. The van der Waals surface area contributed by atoms with Gasteiger partial charge in [-0.2, -0.15) is 5.26 Å². The summed E-state index contributed by atoms with van der Waals surface area (Å²) < 4.78 is 0. The van der Waals surface area contributed by atoms with Crippen molar-refractivity contribution in [1.29, 1.82) is 5.26 Å². The minimum Gasteiger partial charge on any atom is -0.342 e. The summed E-state index contributed by atoms with van der Waals surface area (Å²) in [6.45, 7) is 6.85. The number of nitrogens with one attached hydrogen (secondary N) is 1. The van der Waals surface area contributed by atoms with Crippen molar-refractivity contribution in [3.63, 3.8) is 0 Å². The molecule has 1 fully saturated rings.